The Labute approximate surface area is 158 Å². The first-order valence-corrected chi connectivity index (χ1v) is 9.01. The van der Waals surface area contributed by atoms with E-state index in [0.717, 1.165) is 11.3 Å². The van der Waals surface area contributed by atoms with Gasteiger partial charge in [0.05, 0.1) is 25.8 Å². The van der Waals surface area contributed by atoms with Crippen LogP contribution in [0.2, 0.25) is 0 Å². The summed E-state index contributed by atoms with van der Waals surface area (Å²) in [7, 11) is 1.57. The molecule has 0 unspecified atom stereocenters. The van der Waals surface area contributed by atoms with Gasteiger partial charge in [-0.2, -0.15) is 0 Å². The molecule has 1 N–H and O–H groups in total. The number of benzene rings is 2. The molecule has 1 saturated heterocycles. The van der Waals surface area contributed by atoms with E-state index in [2.05, 4.69) is 0 Å². The van der Waals surface area contributed by atoms with Crippen molar-refractivity contribution in [1.29, 1.82) is 0 Å². The normalized spacial score (nSPS) is 23.1. The van der Waals surface area contributed by atoms with Crippen LogP contribution in [0.25, 0.3) is 0 Å². The van der Waals surface area contributed by atoms with Crippen molar-refractivity contribution in [3.63, 3.8) is 0 Å². The largest absolute Gasteiger partial charge is 0.497 e. The highest BCUT2D eigenvalue weighted by molar-refractivity contribution is 6.07. The summed E-state index contributed by atoms with van der Waals surface area (Å²) in [6, 6.07) is 14.5. The second-order valence-corrected chi connectivity index (χ2v) is 6.98. The molecular formula is C21H22N2O4. The first-order chi connectivity index (χ1) is 13.1. The maximum Gasteiger partial charge on any atom is 0.258 e. The fraction of sp³-hybridized carbons (Fsp3) is 0.333. The summed E-state index contributed by atoms with van der Waals surface area (Å²) >= 11 is 0. The lowest BCUT2D eigenvalue weighted by molar-refractivity contribution is -0.147. The predicted molar refractivity (Wildman–Crippen MR) is 101 cm³/mol. The Bertz CT molecular complexity index is 897. The minimum absolute atomic E-state index is 0.0458. The van der Waals surface area contributed by atoms with E-state index in [4.69, 9.17) is 4.74 Å². The molecule has 140 valence electrons. The number of hydrogen-bond acceptors (Lipinski definition) is 4. The van der Waals surface area contributed by atoms with Gasteiger partial charge in [0.1, 0.15) is 5.75 Å². The molecule has 2 aromatic carbocycles. The predicted octanol–water partition coefficient (Wildman–Crippen LogP) is 2.03. The van der Waals surface area contributed by atoms with Crippen LogP contribution in [-0.2, 0) is 4.79 Å². The van der Waals surface area contributed by atoms with Crippen LogP contribution in [0, 0.1) is 0 Å². The first kappa shape index (κ1) is 17.5. The number of hydrogen-bond donors (Lipinski definition) is 1. The summed E-state index contributed by atoms with van der Waals surface area (Å²) in [5.41, 5.74) is 2.38. The number of carbonyl (C=O) groups is 2. The number of aliphatic hydroxyl groups is 1. The number of aliphatic hydroxyl groups excluding tert-OH is 1. The number of nitrogens with zero attached hydrogens (tertiary/aromatic N) is 2. The third-order valence-electron chi connectivity index (χ3n) is 5.61. The van der Waals surface area contributed by atoms with Gasteiger partial charge >= 0.3 is 0 Å². The molecule has 3 atom stereocenters. The van der Waals surface area contributed by atoms with Gasteiger partial charge in [0, 0.05) is 30.6 Å². The van der Waals surface area contributed by atoms with Crippen LogP contribution in [0.3, 0.4) is 0 Å². The van der Waals surface area contributed by atoms with Gasteiger partial charge in [-0.05, 0) is 29.8 Å². The minimum Gasteiger partial charge on any atom is -0.497 e. The van der Waals surface area contributed by atoms with Crippen molar-refractivity contribution < 1.29 is 19.4 Å². The molecule has 1 fully saturated rings. The van der Waals surface area contributed by atoms with Gasteiger partial charge in [0.25, 0.3) is 5.91 Å². The van der Waals surface area contributed by atoms with E-state index in [1.807, 2.05) is 24.3 Å². The van der Waals surface area contributed by atoms with Crippen LogP contribution >= 0.6 is 0 Å². The van der Waals surface area contributed by atoms with Gasteiger partial charge in [-0.25, -0.2) is 0 Å². The zero-order valence-electron chi connectivity index (χ0n) is 15.3. The fourth-order valence-corrected chi connectivity index (χ4v) is 4.44. The molecule has 0 aromatic heterocycles. The fourth-order valence-electron chi connectivity index (χ4n) is 4.44. The summed E-state index contributed by atoms with van der Waals surface area (Å²) in [6.45, 7) is 1.83. The van der Waals surface area contributed by atoms with Crippen LogP contribution in [0.5, 0.6) is 5.75 Å². The van der Waals surface area contributed by atoms with Crippen molar-refractivity contribution in [1.82, 2.24) is 4.90 Å². The molecule has 27 heavy (non-hydrogen) atoms. The second kappa shape index (κ2) is 6.70. The molecule has 4 rings (SSSR count). The zero-order chi connectivity index (χ0) is 19.1. The van der Waals surface area contributed by atoms with Crippen LogP contribution in [0.4, 0.5) is 5.69 Å². The first-order valence-electron chi connectivity index (χ1n) is 9.01. The van der Waals surface area contributed by atoms with Crippen LogP contribution < -0.4 is 9.64 Å². The number of likely N-dealkylation sites (tertiary alicyclic amines) is 1. The summed E-state index contributed by atoms with van der Waals surface area (Å²) < 4.78 is 5.24. The molecular weight excluding hydrogens is 344 g/mol. The summed E-state index contributed by atoms with van der Waals surface area (Å²) in [5, 5.41) is 9.79. The molecule has 2 amide bonds. The molecule has 0 spiro atoms. The Balaban J connectivity index is 1.74. The third-order valence-corrected chi connectivity index (χ3v) is 5.61. The van der Waals surface area contributed by atoms with E-state index in [9.17, 15) is 14.7 Å². The maximum atomic E-state index is 13.3. The third kappa shape index (κ3) is 2.68. The Kier molecular flexibility index (Phi) is 4.36. The Morgan fingerprint density at radius 2 is 1.96 bits per heavy atom. The topological polar surface area (TPSA) is 70.1 Å². The Hall–Kier alpha value is -2.86. The van der Waals surface area contributed by atoms with Gasteiger partial charge in [0.2, 0.25) is 5.91 Å². The minimum atomic E-state index is -0.234. The molecule has 6 heteroatoms. The lowest BCUT2D eigenvalue weighted by atomic mass is 9.72. The van der Waals surface area contributed by atoms with E-state index in [1.54, 1.807) is 41.2 Å². The highest BCUT2D eigenvalue weighted by Crippen LogP contribution is 2.48. The zero-order valence-corrected chi connectivity index (χ0v) is 15.3. The highest BCUT2D eigenvalue weighted by atomic mass is 16.5. The maximum absolute atomic E-state index is 13.3. The van der Waals surface area contributed by atoms with Gasteiger partial charge in [0.15, 0.2) is 0 Å². The molecule has 2 aliphatic heterocycles. The Morgan fingerprint density at radius 1 is 1.19 bits per heavy atom. The van der Waals surface area contributed by atoms with Crippen molar-refractivity contribution in [2.45, 2.75) is 24.9 Å². The van der Waals surface area contributed by atoms with Crippen molar-refractivity contribution in [2.75, 3.05) is 25.2 Å². The molecule has 0 saturated carbocycles. The molecule has 6 nitrogen and oxygen atoms in total. The van der Waals surface area contributed by atoms with E-state index in [-0.39, 0.29) is 36.4 Å². The highest BCUT2D eigenvalue weighted by Gasteiger charge is 2.54. The van der Waals surface area contributed by atoms with Gasteiger partial charge in [-0.15, -0.1) is 0 Å². The summed E-state index contributed by atoms with van der Waals surface area (Å²) in [5.74, 6) is 0.460. The van der Waals surface area contributed by atoms with E-state index < -0.39 is 0 Å². The number of rotatable bonds is 3. The monoisotopic (exact) mass is 366 g/mol. The van der Waals surface area contributed by atoms with Gasteiger partial charge in [-0.1, -0.05) is 24.3 Å². The molecule has 2 heterocycles. The smallest absolute Gasteiger partial charge is 0.258 e. The molecule has 2 aromatic rings. The quantitative estimate of drug-likeness (QED) is 0.902. The van der Waals surface area contributed by atoms with Crippen molar-refractivity contribution >= 4 is 17.5 Å². The number of carbonyl (C=O) groups excluding carboxylic acids is 2. The molecule has 0 radical (unpaired) electrons. The van der Waals surface area contributed by atoms with E-state index in [0.29, 0.717) is 17.9 Å². The van der Waals surface area contributed by atoms with Crippen molar-refractivity contribution in [2.24, 2.45) is 0 Å². The number of anilines is 1. The van der Waals surface area contributed by atoms with Crippen LogP contribution in [0.15, 0.2) is 48.5 Å². The number of para-hydroxylation sites is 1. The lowest BCUT2D eigenvalue weighted by Crippen LogP contribution is -2.70. The number of ether oxygens (including phenoxy) is 1. The molecule has 0 bridgehead atoms. The standard InChI is InChI=1S/C21H22N2O4/c1-13(25)23-18-11-22(21(26)14-6-5-7-15(10-14)27-2)17-9-4-3-8-16(17)20(18)19(23)12-24/h3-10,18-20,24H,11-12H2,1-2H3/t18-,19+,20+/m1/s1. The molecule has 2 aliphatic rings. The average Bonchev–Trinajstić information content (AvgIpc) is 2.67. The van der Waals surface area contributed by atoms with Crippen LogP contribution in [0.1, 0.15) is 28.8 Å². The number of methoxy groups -OCH3 is 1. The second-order valence-electron chi connectivity index (χ2n) is 6.98. The molecule has 0 aliphatic carbocycles. The van der Waals surface area contributed by atoms with Gasteiger partial charge in [-0.3, -0.25) is 9.59 Å². The van der Waals surface area contributed by atoms with E-state index >= 15 is 0 Å². The van der Waals surface area contributed by atoms with Crippen molar-refractivity contribution in [3.05, 3.63) is 59.7 Å². The number of amides is 2. The van der Waals surface area contributed by atoms with Crippen molar-refractivity contribution in [3.8, 4) is 5.75 Å². The van der Waals surface area contributed by atoms with Crippen LogP contribution in [-0.4, -0.2) is 54.2 Å². The summed E-state index contributed by atoms with van der Waals surface area (Å²) in [4.78, 5) is 28.8. The van der Waals surface area contributed by atoms with Gasteiger partial charge < -0.3 is 19.6 Å². The Morgan fingerprint density at radius 3 is 2.67 bits per heavy atom. The number of fused-ring (bicyclic) bond motifs is 3. The summed E-state index contributed by atoms with van der Waals surface area (Å²) in [6.07, 6.45) is 0. The lowest BCUT2D eigenvalue weighted by Gasteiger charge is -2.58. The SMILES string of the molecule is COc1cccc(C(=O)N2C[C@@H]3[C@H](c4ccccc42)[C@H](CO)N3C(C)=O)c1. The van der Waals surface area contributed by atoms with E-state index in [1.165, 1.54) is 6.92 Å². The average molecular weight is 366 g/mol.